The van der Waals surface area contributed by atoms with Crippen molar-refractivity contribution in [2.45, 2.75) is 6.54 Å². The quantitative estimate of drug-likeness (QED) is 0.508. The molecule has 136 valence electrons. The Kier molecular flexibility index (Phi) is 5.75. The van der Waals surface area contributed by atoms with Gasteiger partial charge in [-0.05, 0) is 23.6 Å². The van der Waals surface area contributed by atoms with Gasteiger partial charge in [0.1, 0.15) is 6.26 Å². The van der Waals surface area contributed by atoms with Gasteiger partial charge in [0.2, 0.25) is 5.89 Å². The molecule has 7 nitrogen and oxygen atoms in total. The van der Waals surface area contributed by atoms with Gasteiger partial charge in [-0.3, -0.25) is 4.99 Å². The Morgan fingerprint density at radius 1 is 1.23 bits per heavy atom. The standard InChI is InChI=1S/C18H20N4O3S/c1-19-18(22-12-6-7-14(23-2)15(9-12)24-3)20-10-13-11-25-17(21-13)16-5-4-8-26-16/h4-9,11H,10H2,1-3H3,(H2,19,20,22). The number of aromatic nitrogens is 1. The lowest BCUT2D eigenvalue weighted by Crippen LogP contribution is -2.30. The SMILES string of the molecule is CN=C(NCc1coc(-c2cccs2)n1)Nc1ccc(OC)c(OC)c1. The molecule has 2 N–H and O–H groups in total. The maximum atomic E-state index is 5.52. The van der Waals surface area contributed by atoms with Crippen LogP contribution in [0.1, 0.15) is 5.69 Å². The second-order valence-corrected chi connectivity index (χ2v) is 6.19. The second kappa shape index (κ2) is 8.39. The molecule has 8 heteroatoms. The molecule has 3 rings (SSSR count). The maximum absolute atomic E-state index is 5.52. The van der Waals surface area contributed by atoms with Crippen molar-refractivity contribution in [3.8, 4) is 22.3 Å². The number of thiophene rings is 1. The summed E-state index contributed by atoms with van der Waals surface area (Å²) in [6.07, 6.45) is 1.64. The molecule has 2 aromatic heterocycles. The van der Waals surface area contributed by atoms with Gasteiger partial charge in [0.15, 0.2) is 17.5 Å². The van der Waals surface area contributed by atoms with Crippen molar-refractivity contribution >= 4 is 23.0 Å². The normalized spacial score (nSPS) is 11.3. The van der Waals surface area contributed by atoms with E-state index < -0.39 is 0 Å². The summed E-state index contributed by atoms with van der Waals surface area (Å²) in [6, 6.07) is 9.51. The van der Waals surface area contributed by atoms with Gasteiger partial charge in [-0.15, -0.1) is 11.3 Å². The molecule has 0 atom stereocenters. The van der Waals surface area contributed by atoms with E-state index in [0.29, 0.717) is 29.9 Å². The van der Waals surface area contributed by atoms with Crippen LogP contribution in [0.15, 0.2) is 51.4 Å². The molecule has 0 fully saturated rings. The van der Waals surface area contributed by atoms with Crippen molar-refractivity contribution in [1.29, 1.82) is 0 Å². The van der Waals surface area contributed by atoms with Crippen LogP contribution in [-0.4, -0.2) is 32.2 Å². The van der Waals surface area contributed by atoms with E-state index in [2.05, 4.69) is 20.6 Å². The fourth-order valence-electron chi connectivity index (χ4n) is 2.31. The van der Waals surface area contributed by atoms with Crippen LogP contribution in [0.3, 0.4) is 0 Å². The Bertz CT molecular complexity index is 874. The van der Waals surface area contributed by atoms with Crippen LogP contribution in [0.25, 0.3) is 10.8 Å². The molecule has 0 saturated carbocycles. The van der Waals surface area contributed by atoms with Gasteiger partial charge in [0.05, 0.1) is 31.3 Å². The Morgan fingerprint density at radius 2 is 2.08 bits per heavy atom. The van der Waals surface area contributed by atoms with Gasteiger partial charge in [-0.2, -0.15) is 0 Å². The molecule has 0 aliphatic rings. The van der Waals surface area contributed by atoms with Crippen molar-refractivity contribution in [1.82, 2.24) is 10.3 Å². The van der Waals surface area contributed by atoms with E-state index >= 15 is 0 Å². The maximum Gasteiger partial charge on any atom is 0.236 e. The van der Waals surface area contributed by atoms with Gasteiger partial charge in [-0.25, -0.2) is 4.98 Å². The lowest BCUT2D eigenvalue weighted by atomic mass is 10.3. The molecule has 0 saturated heterocycles. The molecular weight excluding hydrogens is 352 g/mol. The second-order valence-electron chi connectivity index (χ2n) is 5.24. The summed E-state index contributed by atoms with van der Waals surface area (Å²) < 4.78 is 16.1. The topological polar surface area (TPSA) is 80.9 Å². The Balaban J connectivity index is 1.62. The number of aliphatic imine (C=N–C) groups is 1. The molecule has 0 amide bonds. The highest BCUT2D eigenvalue weighted by Crippen LogP contribution is 2.29. The Morgan fingerprint density at radius 3 is 2.77 bits per heavy atom. The molecule has 0 unspecified atom stereocenters. The third kappa shape index (κ3) is 4.15. The average molecular weight is 372 g/mol. The van der Waals surface area contributed by atoms with Crippen LogP contribution < -0.4 is 20.1 Å². The largest absolute Gasteiger partial charge is 0.493 e. The number of anilines is 1. The minimum atomic E-state index is 0.488. The van der Waals surface area contributed by atoms with E-state index in [9.17, 15) is 0 Å². The lowest BCUT2D eigenvalue weighted by molar-refractivity contribution is 0.355. The zero-order valence-electron chi connectivity index (χ0n) is 14.8. The van der Waals surface area contributed by atoms with Crippen molar-refractivity contribution in [3.63, 3.8) is 0 Å². The first kappa shape index (κ1) is 17.8. The molecule has 0 radical (unpaired) electrons. The fourth-order valence-corrected chi connectivity index (χ4v) is 2.96. The Hall–Kier alpha value is -3.00. The number of hydrogen-bond acceptors (Lipinski definition) is 6. The molecule has 0 aliphatic heterocycles. The van der Waals surface area contributed by atoms with Crippen LogP contribution in [0.4, 0.5) is 5.69 Å². The summed E-state index contributed by atoms with van der Waals surface area (Å²) in [5.74, 6) is 2.55. The highest BCUT2D eigenvalue weighted by molar-refractivity contribution is 7.13. The Labute approximate surface area is 155 Å². The first-order valence-electron chi connectivity index (χ1n) is 7.91. The van der Waals surface area contributed by atoms with Gasteiger partial charge in [0, 0.05) is 18.8 Å². The highest BCUT2D eigenvalue weighted by atomic mass is 32.1. The van der Waals surface area contributed by atoms with Gasteiger partial charge < -0.3 is 24.5 Å². The summed E-state index contributed by atoms with van der Waals surface area (Å²) in [4.78, 5) is 9.70. The van der Waals surface area contributed by atoms with Crippen molar-refractivity contribution in [2.24, 2.45) is 4.99 Å². The smallest absolute Gasteiger partial charge is 0.236 e. The van der Waals surface area contributed by atoms with Crippen LogP contribution in [0.5, 0.6) is 11.5 Å². The van der Waals surface area contributed by atoms with Crippen LogP contribution in [-0.2, 0) is 6.54 Å². The van der Waals surface area contributed by atoms with Crippen molar-refractivity contribution < 1.29 is 13.9 Å². The molecule has 3 aromatic rings. The molecule has 1 aromatic carbocycles. The summed E-state index contributed by atoms with van der Waals surface area (Å²) >= 11 is 1.59. The molecule has 0 bridgehead atoms. The van der Waals surface area contributed by atoms with E-state index in [0.717, 1.165) is 16.3 Å². The van der Waals surface area contributed by atoms with Crippen LogP contribution in [0.2, 0.25) is 0 Å². The molecule has 0 aliphatic carbocycles. The minimum absolute atomic E-state index is 0.488. The molecule has 2 heterocycles. The van der Waals surface area contributed by atoms with Crippen molar-refractivity contribution in [2.75, 3.05) is 26.6 Å². The minimum Gasteiger partial charge on any atom is -0.493 e. The number of hydrogen-bond donors (Lipinski definition) is 2. The van der Waals surface area contributed by atoms with E-state index in [4.69, 9.17) is 13.9 Å². The average Bonchev–Trinajstić information content (AvgIpc) is 3.36. The van der Waals surface area contributed by atoms with Gasteiger partial charge >= 0.3 is 0 Å². The molecule has 26 heavy (non-hydrogen) atoms. The van der Waals surface area contributed by atoms with Gasteiger partial charge in [-0.1, -0.05) is 6.07 Å². The van der Waals surface area contributed by atoms with E-state index in [1.54, 1.807) is 38.9 Å². The number of methoxy groups -OCH3 is 2. The number of benzene rings is 1. The number of guanidine groups is 1. The number of rotatable bonds is 6. The summed E-state index contributed by atoms with van der Waals surface area (Å²) in [5, 5.41) is 8.41. The monoisotopic (exact) mass is 372 g/mol. The number of nitrogens with zero attached hydrogens (tertiary/aromatic N) is 2. The summed E-state index contributed by atoms with van der Waals surface area (Å²) in [6.45, 7) is 0.488. The van der Waals surface area contributed by atoms with Crippen LogP contribution >= 0.6 is 11.3 Å². The van der Waals surface area contributed by atoms with Crippen LogP contribution in [0, 0.1) is 0 Å². The van der Waals surface area contributed by atoms with E-state index in [-0.39, 0.29) is 0 Å². The van der Waals surface area contributed by atoms with E-state index in [1.165, 1.54) is 0 Å². The predicted molar refractivity (Wildman–Crippen MR) is 103 cm³/mol. The first-order chi connectivity index (χ1) is 12.7. The number of oxazole rings is 1. The highest BCUT2D eigenvalue weighted by Gasteiger charge is 2.09. The van der Waals surface area contributed by atoms with Crippen molar-refractivity contribution in [3.05, 3.63) is 47.7 Å². The van der Waals surface area contributed by atoms with Gasteiger partial charge in [0.25, 0.3) is 0 Å². The predicted octanol–water partition coefficient (Wildman–Crippen LogP) is 3.61. The third-order valence-electron chi connectivity index (χ3n) is 3.59. The number of ether oxygens (including phenoxy) is 2. The number of nitrogens with one attached hydrogen (secondary N) is 2. The first-order valence-corrected chi connectivity index (χ1v) is 8.79. The zero-order valence-corrected chi connectivity index (χ0v) is 15.6. The molecular formula is C18H20N4O3S. The summed E-state index contributed by atoms with van der Waals surface area (Å²) in [7, 11) is 4.91. The molecule has 0 spiro atoms. The third-order valence-corrected chi connectivity index (χ3v) is 4.45. The zero-order chi connectivity index (χ0) is 18.4. The van der Waals surface area contributed by atoms with E-state index in [1.807, 2.05) is 35.7 Å². The summed E-state index contributed by atoms with van der Waals surface area (Å²) in [5.41, 5.74) is 1.62. The fraction of sp³-hybridized carbons (Fsp3) is 0.222. The lowest BCUT2D eigenvalue weighted by Gasteiger charge is -2.13.